The summed E-state index contributed by atoms with van der Waals surface area (Å²) in [6.07, 6.45) is 0.213. The van der Waals surface area contributed by atoms with E-state index < -0.39 is 10.0 Å². The number of benzene rings is 1. The number of hydrogen-bond acceptors (Lipinski definition) is 5. The molecule has 0 fully saturated rings. The Hall–Kier alpha value is -1.97. The minimum atomic E-state index is -3.45. The van der Waals surface area contributed by atoms with Gasteiger partial charge in [0.15, 0.2) is 0 Å². The predicted molar refractivity (Wildman–Crippen MR) is 97.1 cm³/mol. The monoisotopic (exact) mass is 383 g/mol. The van der Waals surface area contributed by atoms with Gasteiger partial charge in [0.2, 0.25) is 15.9 Å². The van der Waals surface area contributed by atoms with Crippen molar-refractivity contribution in [3.63, 3.8) is 0 Å². The highest BCUT2D eigenvalue weighted by molar-refractivity contribution is 7.89. The lowest BCUT2D eigenvalue weighted by atomic mass is 10.2. The van der Waals surface area contributed by atoms with Crippen molar-refractivity contribution >= 4 is 27.3 Å². The van der Waals surface area contributed by atoms with Crippen LogP contribution >= 0.6 is 11.3 Å². The molecule has 1 aromatic carbocycles. The van der Waals surface area contributed by atoms with Gasteiger partial charge in [-0.3, -0.25) is 9.59 Å². The quantitative estimate of drug-likeness (QED) is 0.777. The number of thiazole rings is 1. The summed E-state index contributed by atoms with van der Waals surface area (Å²) < 4.78 is 26.7. The molecule has 0 saturated heterocycles. The largest absolute Gasteiger partial charge is 0.352 e. The molecule has 1 N–H and O–H groups in total. The molecule has 0 aliphatic carbocycles. The molecule has 0 bridgehead atoms. The van der Waals surface area contributed by atoms with E-state index in [1.807, 2.05) is 6.92 Å². The van der Waals surface area contributed by atoms with Gasteiger partial charge < -0.3 is 9.88 Å². The second-order valence-corrected chi connectivity index (χ2v) is 8.73. The molecule has 2 rings (SSSR count). The van der Waals surface area contributed by atoms with Crippen LogP contribution in [0.2, 0.25) is 0 Å². The normalized spacial score (nSPS) is 11.7. The van der Waals surface area contributed by atoms with Crippen molar-refractivity contribution in [1.82, 2.24) is 14.2 Å². The Balaban J connectivity index is 1.89. The number of nitrogens with one attached hydrogen (secondary N) is 1. The van der Waals surface area contributed by atoms with Gasteiger partial charge in [0.25, 0.3) is 0 Å². The van der Waals surface area contributed by atoms with Crippen molar-refractivity contribution in [2.45, 2.75) is 31.3 Å². The number of aromatic nitrogens is 1. The first-order valence-corrected chi connectivity index (χ1v) is 9.97. The van der Waals surface area contributed by atoms with E-state index in [0.29, 0.717) is 13.1 Å². The summed E-state index contributed by atoms with van der Waals surface area (Å²) >= 11 is 1.12. The standard InChI is InChI=1S/C16H21N3O4S2/c1-12-11-24-16(21)19(12)9-8-15(20)17-10-13-4-6-14(7-5-13)25(22,23)18(2)3/h4-7,11H,8-10H2,1-3H3,(H,17,20). The third-order valence-electron chi connectivity index (χ3n) is 3.73. The molecule has 9 heteroatoms. The molecule has 1 amide bonds. The SMILES string of the molecule is Cc1csc(=O)n1CCC(=O)NCc1ccc(S(=O)(=O)N(C)C)cc1. The summed E-state index contributed by atoms with van der Waals surface area (Å²) in [5.74, 6) is -0.164. The number of rotatable bonds is 7. The molecule has 25 heavy (non-hydrogen) atoms. The fraction of sp³-hybridized carbons (Fsp3) is 0.375. The molecule has 136 valence electrons. The van der Waals surface area contributed by atoms with Crippen LogP contribution in [0, 0.1) is 6.92 Å². The first-order chi connectivity index (χ1) is 11.7. The molecule has 0 unspecified atom stereocenters. The number of sulfonamides is 1. The van der Waals surface area contributed by atoms with Crippen LogP contribution in [0.25, 0.3) is 0 Å². The Bertz CT molecular complexity index is 896. The summed E-state index contributed by atoms with van der Waals surface area (Å²) in [5.41, 5.74) is 1.65. The number of hydrogen-bond donors (Lipinski definition) is 1. The maximum atomic E-state index is 12.0. The van der Waals surface area contributed by atoms with Crippen LogP contribution in [0.4, 0.5) is 0 Å². The van der Waals surface area contributed by atoms with Crippen LogP contribution in [-0.2, 0) is 27.9 Å². The van der Waals surface area contributed by atoms with E-state index in [1.165, 1.54) is 26.2 Å². The number of nitrogens with zero attached hydrogens (tertiary/aromatic N) is 2. The molecular formula is C16H21N3O4S2. The fourth-order valence-electron chi connectivity index (χ4n) is 2.17. The number of aryl methyl sites for hydroxylation is 1. The lowest BCUT2D eigenvalue weighted by Crippen LogP contribution is -2.26. The van der Waals surface area contributed by atoms with E-state index in [-0.39, 0.29) is 22.1 Å². The van der Waals surface area contributed by atoms with Gasteiger partial charge in [-0.1, -0.05) is 23.5 Å². The molecular weight excluding hydrogens is 362 g/mol. The zero-order chi connectivity index (χ0) is 18.6. The molecule has 0 saturated carbocycles. The first kappa shape index (κ1) is 19.4. The van der Waals surface area contributed by atoms with Gasteiger partial charge in [0.05, 0.1) is 4.90 Å². The molecule has 1 heterocycles. The highest BCUT2D eigenvalue weighted by Gasteiger charge is 2.16. The Labute approximate surface area is 151 Å². The molecule has 0 aliphatic rings. The minimum Gasteiger partial charge on any atom is -0.352 e. The van der Waals surface area contributed by atoms with Gasteiger partial charge in [0, 0.05) is 44.7 Å². The molecule has 0 spiro atoms. The maximum absolute atomic E-state index is 12.0. The van der Waals surface area contributed by atoms with Crippen molar-refractivity contribution in [2.75, 3.05) is 14.1 Å². The Kier molecular flexibility index (Phi) is 6.15. The highest BCUT2D eigenvalue weighted by atomic mass is 32.2. The van der Waals surface area contributed by atoms with E-state index in [1.54, 1.807) is 22.1 Å². The van der Waals surface area contributed by atoms with E-state index in [0.717, 1.165) is 26.9 Å². The molecule has 0 radical (unpaired) electrons. The van der Waals surface area contributed by atoms with Crippen molar-refractivity contribution in [1.29, 1.82) is 0 Å². The Morgan fingerprint density at radius 3 is 2.40 bits per heavy atom. The topological polar surface area (TPSA) is 88.5 Å². The van der Waals surface area contributed by atoms with Gasteiger partial charge in [0.1, 0.15) is 0 Å². The summed E-state index contributed by atoms with van der Waals surface area (Å²) in [5, 5.41) is 4.54. The Morgan fingerprint density at radius 2 is 1.88 bits per heavy atom. The van der Waals surface area contributed by atoms with E-state index >= 15 is 0 Å². The van der Waals surface area contributed by atoms with E-state index in [4.69, 9.17) is 0 Å². The lowest BCUT2D eigenvalue weighted by Gasteiger charge is -2.12. The summed E-state index contributed by atoms with van der Waals surface area (Å²) in [4.78, 5) is 23.7. The van der Waals surface area contributed by atoms with Gasteiger partial charge >= 0.3 is 4.87 Å². The molecule has 0 atom stereocenters. The van der Waals surface area contributed by atoms with Gasteiger partial charge in [-0.05, 0) is 24.6 Å². The lowest BCUT2D eigenvalue weighted by molar-refractivity contribution is -0.121. The smallest absolute Gasteiger partial charge is 0.307 e. The first-order valence-electron chi connectivity index (χ1n) is 7.65. The van der Waals surface area contributed by atoms with Crippen LogP contribution in [0.15, 0.2) is 39.3 Å². The number of carbonyl (C=O) groups excluding carboxylic acids is 1. The van der Waals surface area contributed by atoms with Gasteiger partial charge in [-0.2, -0.15) is 0 Å². The van der Waals surface area contributed by atoms with Crippen molar-refractivity contribution in [2.24, 2.45) is 0 Å². The predicted octanol–water partition coefficient (Wildman–Crippen LogP) is 1.18. The van der Waals surface area contributed by atoms with E-state index in [9.17, 15) is 18.0 Å². The van der Waals surface area contributed by atoms with Crippen LogP contribution in [-0.4, -0.2) is 37.3 Å². The third kappa shape index (κ3) is 4.77. The third-order valence-corrected chi connectivity index (χ3v) is 6.44. The molecule has 2 aromatic rings. The van der Waals surface area contributed by atoms with Gasteiger partial charge in [-0.25, -0.2) is 12.7 Å². The summed E-state index contributed by atoms with van der Waals surface area (Å²) in [7, 11) is -0.500. The fourth-order valence-corrected chi connectivity index (χ4v) is 3.83. The molecule has 1 aromatic heterocycles. The number of amides is 1. The van der Waals surface area contributed by atoms with Crippen molar-refractivity contribution < 1.29 is 13.2 Å². The highest BCUT2D eigenvalue weighted by Crippen LogP contribution is 2.14. The second kappa shape index (κ2) is 7.94. The minimum absolute atomic E-state index is 0.0667. The van der Waals surface area contributed by atoms with Crippen LogP contribution in [0.5, 0.6) is 0 Å². The second-order valence-electron chi connectivity index (χ2n) is 5.75. The average Bonchev–Trinajstić information content (AvgIpc) is 2.89. The van der Waals surface area contributed by atoms with Crippen LogP contribution < -0.4 is 10.2 Å². The Morgan fingerprint density at radius 1 is 1.24 bits per heavy atom. The van der Waals surface area contributed by atoms with Crippen LogP contribution in [0.1, 0.15) is 17.7 Å². The molecule has 7 nitrogen and oxygen atoms in total. The van der Waals surface area contributed by atoms with Gasteiger partial charge in [-0.15, -0.1) is 0 Å². The zero-order valence-corrected chi connectivity index (χ0v) is 16.0. The number of carbonyl (C=O) groups is 1. The zero-order valence-electron chi connectivity index (χ0n) is 14.4. The van der Waals surface area contributed by atoms with Crippen molar-refractivity contribution in [3.05, 3.63) is 50.6 Å². The molecule has 0 aliphatic heterocycles. The average molecular weight is 383 g/mol. The van der Waals surface area contributed by atoms with E-state index in [2.05, 4.69) is 5.32 Å². The summed E-state index contributed by atoms with van der Waals surface area (Å²) in [6.45, 7) is 2.48. The summed E-state index contributed by atoms with van der Waals surface area (Å²) in [6, 6.07) is 6.38. The maximum Gasteiger partial charge on any atom is 0.307 e. The van der Waals surface area contributed by atoms with Crippen LogP contribution in [0.3, 0.4) is 0 Å². The van der Waals surface area contributed by atoms with Crippen molar-refractivity contribution in [3.8, 4) is 0 Å².